The van der Waals surface area contributed by atoms with E-state index in [2.05, 4.69) is 12.2 Å². The van der Waals surface area contributed by atoms with Gasteiger partial charge in [0.05, 0.1) is 12.8 Å². The standard InChI is InChI=1S/C17H23N3O4/c1-12-5-7-17(8-6-12)15(22)20(16(23)18-17)11-14(21)19(2)10-13-4-3-9-24-13/h3-4,9,12H,5-8,10-11H2,1-2H3,(H,18,23). The molecule has 1 aliphatic carbocycles. The summed E-state index contributed by atoms with van der Waals surface area (Å²) in [6.07, 6.45) is 4.65. The molecule has 1 aromatic rings. The second-order valence-electron chi connectivity index (χ2n) is 6.92. The van der Waals surface area contributed by atoms with Gasteiger partial charge in [0.15, 0.2) is 0 Å². The highest BCUT2D eigenvalue weighted by atomic mass is 16.3. The molecule has 7 nitrogen and oxygen atoms in total. The van der Waals surface area contributed by atoms with Gasteiger partial charge in [-0.15, -0.1) is 0 Å². The normalized spacial score (nSPS) is 26.8. The molecule has 1 saturated carbocycles. The number of amides is 4. The molecule has 7 heteroatoms. The first-order chi connectivity index (χ1) is 11.4. The van der Waals surface area contributed by atoms with Gasteiger partial charge in [-0.3, -0.25) is 14.5 Å². The van der Waals surface area contributed by atoms with E-state index in [-0.39, 0.29) is 18.4 Å². The number of likely N-dealkylation sites (N-methyl/N-ethyl adjacent to an activating group) is 1. The van der Waals surface area contributed by atoms with Crippen molar-refractivity contribution in [3.63, 3.8) is 0 Å². The van der Waals surface area contributed by atoms with Crippen LogP contribution in [-0.4, -0.2) is 46.8 Å². The van der Waals surface area contributed by atoms with Crippen LogP contribution in [0.25, 0.3) is 0 Å². The lowest BCUT2D eigenvalue weighted by Crippen LogP contribution is -2.50. The smallest absolute Gasteiger partial charge is 0.325 e. The third-order valence-corrected chi connectivity index (χ3v) is 5.07. The summed E-state index contributed by atoms with van der Waals surface area (Å²) in [5.74, 6) is 0.659. The molecule has 1 aromatic heterocycles. The van der Waals surface area contributed by atoms with Crippen molar-refractivity contribution in [2.45, 2.75) is 44.7 Å². The number of imide groups is 1. The minimum atomic E-state index is -0.802. The van der Waals surface area contributed by atoms with Crippen LogP contribution in [-0.2, 0) is 16.1 Å². The largest absolute Gasteiger partial charge is 0.467 e. The van der Waals surface area contributed by atoms with Crippen molar-refractivity contribution in [3.8, 4) is 0 Å². The zero-order valence-electron chi connectivity index (χ0n) is 14.1. The third-order valence-electron chi connectivity index (χ3n) is 5.07. The van der Waals surface area contributed by atoms with E-state index in [4.69, 9.17) is 4.42 Å². The third kappa shape index (κ3) is 3.02. The monoisotopic (exact) mass is 333 g/mol. The van der Waals surface area contributed by atoms with Crippen LogP contribution in [0.1, 0.15) is 38.4 Å². The number of nitrogens with one attached hydrogen (secondary N) is 1. The summed E-state index contributed by atoms with van der Waals surface area (Å²) in [5.41, 5.74) is -0.802. The number of rotatable bonds is 4. The number of carbonyl (C=O) groups is 3. The Morgan fingerprint density at radius 2 is 2.12 bits per heavy atom. The average molecular weight is 333 g/mol. The molecule has 4 amide bonds. The molecule has 2 fully saturated rings. The minimum Gasteiger partial charge on any atom is -0.467 e. The van der Waals surface area contributed by atoms with Crippen LogP contribution >= 0.6 is 0 Å². The number of hydrogen-bond acceptors (Lipinski definition) is 4. The molecule has 3 rings (SSSR count). The molecule has 0 bridgehead atoms. The van der Waals surface area contributed by atoms with Gasteiger partial charge in [0.1, 0.15) is 17.8 Å². The van der Waals surface area contributed by atoms with Gasteiger partial charge in [0.25, 0.3) is 5.91 Å². The highest BCUT2D eigenvalue weighted by Crippen LogP contribution is 2.36. The SMILES string of the molecule is CC1CCC2(CC1)NC(=O)N(CC(=O)N(C)Cc1ccco1)C2=O. The number of nitrogens with zero attached hydrogens (tertiary/aromatic N) is 2. The number of furan rings is 1. The van der Waals surface area contributed by atoms with E-state index in [1.165, 1.54) is 4.90 Å². The first-order valence-electron chi connectivity index (χ1n) is 8.32. The van der Waals surface area contributed by atoms with Gasteiger partial charge >= 0.3 is 6.03 Å². The summed E-state index contributed by atoms with van der Waals surface area (Å²) in [7, 11) is 1.63. The predicted molar refractivity (Wildman–Crippen MR) is 85.8 cm³/mol. The first-order valence-corrected chi connectivity index (χ1v) is 8.32. The first kappa shape index (κ1) is 16.5. The Hall–Kier alpha value is -2.31. The van der Waals surface area contributed by atoms with Gasteiger partial charge in [-0.25, -0.2) is 4.79 Å². The summed E-state index contributed by atoms with van der Waals surface area (Å²) in [6.45, 7) is 2.22. The summed E-state index contributed by atoms with van der Waals surface area (Å²) in [6, 6.07) is 3.06. The molecule has 0 unspecified atom stereocenters. The predicted octanol–water partition coefficient (Wildman–Crippen LogP) is 1.74. The molecule has 0 atom stereocenters. The maximum absolute atomic E-state index is 12.7. The lowest BCUT2D eigenvalue weighted by Gasteiger charge is -2.33. The molecule has 1 aliphatic heterocycles. The Kier molecular flexibility index (Phi) is 4.34. The molecule has 2 heterocycles. The molecule has 1 spiro atoms. The number of carbonyl (C=O) groups excluding carboxylic acids is 3. The fourth-order valence-corrected chi connectivity index (χ4v) is 3.39. The molecular formula is C17H23N3O4. The van der Waals surface area contributed by atoms with Crippen molar-refractivity contribution in [1.82, 2.24) is 15.1 Å². The van der Waals surface area contributed by atoms with Crippen molar-refractivity contribution in [1.29, 1.82) is 0 Å². The molecule has 130 valence electrons. The van der Waals surface area contributed by atoms with Crippen molar-refractivity contribution in [2.24, 2.45) is 5.92 Å². The van der Waals surface area contributed by atoms with Crippen molar-refractivity contribution < 1.29 is 18.8 Å². The zero-order valence-corrected chi connectivity index (χ0v) is 14.1. The molecule has 24 heavy (non-hydrogen) atoms. The number of urea groups is 1. The Morgan fingerprint density at radius 3 is 2.75 bits per heavy atom. The van der Waals surface area contributed by atoms with Gasteiger partial charge in [-0.2, -0.15) is 0 Å². The lowest BCUT2D eigenvalue weighted by atomic mass is 9.77. The molecule has 1 N–H and O–H groups in total. The fourth-order valence-electron chi connectivity index (χ4n) is 3.39. The fraction of sp³-hybridized carbons (Fsp3) is 0.588. The maximum Gasteiger partial charge on any atom is 0.325 e. The van der Waals surface area contributed by atoms with Crippen LogP contribution in [0.3, 0.4) is 0 Å². The van der Waals surface area contributed by atoms with Gasteiger partial charge in [0.2, 0.25) is 5.91 Å². The van der Waals surface area contributed by atoms with Crippen molar-refractivity contribution >= 4 is 17.8 Å². The van der Waals surface area contributed by atoms with Gasteiger partial charge < -0.3 is 14.6 Å². The van der Waals surface area contributed by atoms with Crippen LogP contribution < -0.4 is 5.32 Å². The Balaban J connectivity index is 1.63. The van der Waals surface area contributed by atoms with Gasteiger partial charge in [0, 0.05) is 7.05 Å². The summed E-state index contributed by atoms with van der Waals surface area (Å²) in [5, 5.41) is 2.83. The molecule has 1 saturated heterocycles. The minimum absolute atomic E-state index is 0.237. The van der Waals surface area contributed by atoms with Gasteiger partial charge in [-0.1, -0.05) is 6.92 Å². The van der Waals surface area contributed by atoms with Gasteiger partial charge in [-0.05, 0) is 43.7 Å². The second kappa shape index (κ2) is 6.30. The maximum atomic E-state index is 12.7. The number of hydrogen-bond donors (Lipinski definition) is 1. The zero-order chi connectivity index (χ0) is 17.3. The Bertz CT molecular complexity index is 632. The van der Waals surface area contributed by atoms with E-state index in [1.807, 2.05) is 0 Å². The summed E-state index contributed by atoms with van der Waals surface area (Å²) < 4.78 is 5.21. The van der Waals surface area contributed by atoms with E-state index in [0.717, 1.165) is 17.7 Å². The highest BCUT2D eigenvalue weighted by Gasteiger charge is 2.52. The quantitative estimate of drug-likeness (QED) is 0.851. The van der Waals surface area contributed by atoms with E-state index in [9.17, 15) is 14.4 Å². The second-order valence-corrected chi connectivity index (χ2v) is 6.92. The van der Waals surface area contributed by atoms with Crippen LogP contribution in [0.2, 0.25) is 0 Å². The van der Waals surface area contributed by atoms with Crippen LogP contribution in [0, 0.1) is 5.92 Å². The molecule has 0 radical (unpaired) electrons. The summed E-state index contributed by atoms with van der Waals surface area (Å²) in [4.78, 5) is 39.8. The topological polar surface area (TPSA) is 82.9 Å². The average Bonchev–Trinajstić information content (AvgIpc) is 3.13. The van der Waals surface area contributed by atoms with Crippen molar-refractivity contribution in [3.05, 3.63) is 24.2 Å². The lowest BCUT2D eigenvalue weighted by molar-refractivity contribution is -0.139. The van der Waals surface area contributed by atoms with E-state index in [1.54, 1.807) is 25.4 Å². The van der Waals surface area contributed by atoms with Crippen LogP contribution in [0.4, 0.5) is 4.79 Å². The Labute approximate surface area is 141 Å². The van der Waals surface area contributed by atoms with Crippen molar-refractivity contribution in [2.75, 3.05) is 13.6 Å². The Morgan fingerprint density at radius 1 is 1.42 bits per heavy atom. The van der Waals surface area contributed by atoms with Crippen LogP contribution in [0.5, 0.6) is 0 Å². The highest BCUT2D eigenvalue weighted by molar-refractivity contribution is 6.09. The summed E-state index contributed by atoms with van der Waals surface area (Å²) >= 11 is 0. The molecular weight excluding hydrogens is 310 g/mol. The molecule has 2 aliphatic rings. The molecule has 0 aromatic carbocycles. The van der Waals surface area contributed by atoms with E-state index >= 15 is 0 Å². The van der Waals surface area contributed by atoms with E-state index < -0.39 is 11.6 Å². The van der Waals surface area contributed by atoms with E-state index in [0.29, 0.717) is 31.1 Å². The van der Waals surface area contributed by atoms with Crippen LogP contribution in [0.15, 0.2) is 22.8 Å².